The number of phosphoric ester groups is 1. The maximum atomic E-state index is 13.1. The molecule has 9 nitrogen and oxygen atoms in total. The number of hydrogen-bond acceptors (Lipinski definition) is 6. The lowest BCUT2D eigenvalue weighted by Crippen LogP contribution is -2.32. The smallest absolute Gasteiger partial charge is 0.402 e. The number of rotatable bonds is 7. The quantitative estimate of drug-likeness (QED) is 0.641. The number of phosphoric acid groups is 1. The molecule has 2 aromatic rings. The second-order valence-electron chi connectivity index (χ2n) is 6.55. The molecule has 1 aromatic heterocycles. The zero-order valence-electron chi connectivity index (χ0n) is 16.2. The van der Waals surface area contributed by atoms with E-state index >= 15 is 0 Å². The first-order valence-corrected chi connectivity index (χ1v) is 11.0. The zero-order chi connectivity index (χ0) is 20.6. The number of fused-ring (bicyclic) bond motifs is 3. The Bertz CT molecular complexity index is 1130. The molecule has 1 atom stereocenters. The van der Waals surface area contributed by atoms with Crippen molar-refractivity contribution in [3.8, 4) is 5.69 Å². The summed E-state index contributed by atoms with van der Waals surface area (Å²) in [5.41, 5.74) is 0.200. The predicted octanol–water partition coefficient (Wildman–Crippen LogP) is 3.07. The largest absolute Gasteiger partial charge is 0.530 e. The third-order valence-corrected chi connectivity index (χ3v) is 6.36. The maximum absolute atomic E-state index is 13.1. The summed E-state index contributed by atoms with van der Waals surface area (Å²) in [7, 11) is -3.85. The molecular formula is C19H22N3O6P. The average molecular weight is 419 g/mol. The molecule has 0 saturated carbocycles. The Morgan fingerprint density at radius 3 is 2.41 bits per heavy atom. The van der Waals surface area contributed by atoms with Gasteiger partial charge in [0, 0.05) is 5.57 Å². The summed E-state index contributed by atoms with van der Waals surface area (Å²) in [5, 5.41) is 0. The molecule has 0 spiro atoms. The first kappa shape index (κ1) is 19.7. The van der Waals surface area contributed by atoms with Crippen molar-refractivity contribution in [1.82, 2.24) is 13.9 Å². The minimum Gasteiger partial charge on any atom is -0.402 e. The van der Waals surface area contributed by atoms with Gasteiger partial charge in [-0.05, 0) is 38.8 Å². The summed E-state index contributed by atoms with van der Waals surface area (Å²) in [6.07, 6.45) is 4.62. The molecule has 1 unspecified atom stereocenters. The van der Waals surface area contributed by atoms with Crippen LogP contribution >= 0.6 is 7.82 Å². The molecule has 4 rings (SSSR count). The van der Waals surface area contributed by atoms with Crippen molar-refractivity contribution in [3.05, 3.63) is 68.7 Å². The van der Waals surface area contributed by atoms with Crippen molar-refractivity contribution in [2.75, 3.05) is 13.2 Å². The number of aromatic nitrogens is 3. The highest BCUT2D eigenvalue weighted by Gasteiger charge is 2.38. The van der Waals surface area contributed by atoms with Gasteiger partial charge in [0.1, 0.15) is 0 Å². The Morgan fingerprint density at radius 1 is 1.07 bits per heavy atom. The molecule has 10 heteroatoms. The van der Waals surface area contributed by atoms with Crippen LogP contribution in [0.15, 0.2) is 57.3 Å². The molecule has 0 saturated heterocycles. The van der Waals surface area contributed by atoms with Gasteiger partial charge in [0.15, 0.2) is 5.76 Å². The maximum Gasteiger partial charge on any atom is 0.530 e. The highest BCUT2D eigenvalue weighted by atomic mass is 31.2. The third kappa shape index (κ3) is 3.35. The summed E-state index contributed by atoms with van der Waals surface area (Å²) < 4.78 is 32.7. The molecule has 0 bridgehead atoms. The molecule has 1 aromatic carbocycles. The first-order valence-electron chi connectivity index (χ1n) is 9.51. The molecule has 0 amide bonds. The standard InChI is InChI=1S/C19H22N3O6P/c1-3-26-29(25,27-4-2)28-17-13-20-18(23)21(14-9-6-5-7-10-14)19(24)22(20)16-12-8-11-15(16)17/h5-7,9-11,13,16H,3-4,8,12H2,1-2H3. The highest BCUT2D eigenvalue weighted by molar-refractivity contribution is 7.48. The van der Waals surface area contributed by atoms with Gasteiger partial charge in [-0.1, -0.05) is 24.3 Å². The Hall–Kier alpha value is -2.61. The second kappa shape index (κ2) is 7.67. The van der Waals surface area contributed by atoms with Crippen LogP contribution in [0.3, 0.4) is 0 Å². The fourth-order valence-corrected chi connectivity index (χ4v) is 4.87. The van der Waals surface area contributed by atoms with Crippen molar-refractivity contribution in [2.24, 2.45) is 0 Å². The third-order valence-electron chi connectivity index (χ3n) is 4.79. The van der Waals surface area contributed by atoms with Gasteiger partial charge < -0.3 is 4.52 Å². The van der Waals surface area contributed by atoms with Crippen molar-refractivity contribution in [1.29, 1.82) is 0 Å². The molecule has 29 heavy (non-hydrogen) atoms. The normalized spacial score (nSPS) is 18.1. The summed E-state index contributed by atoms with van der Waals surface area (Å²) in [4.78, 5) is 26.1. The van der Waals surface area contributed by atoms with Crippen LogP contribution in [0.2, 0.25) is 0 Å². The zero-order valence-corrected chi connectivity index (χ0v) is 17.1. The summed E-state index contributed by atoms with van der Waals surface area (Å²) in [6, 6.07) is 8.32. The average Bonchev–Trinajstić information content (AvgIpc) is 3.27. The monoisotopic (exact) mass is 419 g/mol. The van der Waals surface area contributed by atoms with Crippen LogP contribution in [0.1, 0.15) is 32.7 Å². The lowest BCUT2D eigenvalue weighted by atomic mass is 10.1. The Morgan fingerprint density at radius 2 is 1.76 bits per heavy atom. The van der Waals surface area contributed by atoms with Crippen LogP contribution in [-0.4, -0.2) is 27.1 Å². The number of benzene rings is 1. The fourth-order valence-electron chi connectivity index (χ4n) is 3.67. The van der Waals surface area contributed by atoms with Crippen molar-refractivity contribution >= 4 is 14.0 Å². The minimum absolute atomic E-state index is 0.141. The summed E-state index contributed by atoms with van der Waals surface area (Å²) in [6.45, 7) is 3.65. The number of para-hydroxylation sites is 1. The van der Waals surface area contributed by atoms with E-state index in [2.05, 4.69) is 0 Å². The molecule has 2 aliphatic rings. The molecule has 0 N–H and O–H groups in total. The van der Waals surface area contributed by atoms with E-state index in [1.165, 1.54) is 15.6 Å². The second-order valence-corrected chi connectivity index (χ2v) is 8.14. The molecule has 1 aliphatic heterocycles. The minimum atomic E-state index is -3.85. The van der Waals surface area contributed by atoms with Gasteiger partial charge in [0.05, 0.1) is 31.1 Å². The van der Waals surface area contributed by atoms with E-state index < -0.39 is 25.2 Å². The van der Waals surface area contributed by atoms with Gasteiger partial charge in [0.25, 0.3) is 0 Å². The van der Waals surface area contributed by atoms with Gasteiger partial charge in [-0.25, -0.2) is 28.1 Å². The first-order chi connectivity index (χ1) is 14.0. The van der Waals surface area contributed by atoms with Crippen LogP contribution in [0.4, 0.5) is 0 Å². The molecule has 1 aliphatic carbocycles. The van der Waals surface area contributed by atoms with Gasteiger partial charge in [-0.3, -0.25) is 9.05 Å². The highest BCUT2D eigenvalue weighted by Crippen LogP contribution is 2.54. The van der Waals surface area contributed by atoms with Gasteiger partial charge in [-0.2, -0.15) is 0 Å². The topological polar surface area (TPSA) is 93.7 Å². The predicted molar refractivity (Wildman–Crippen MR) is 107 cm³/mol. The SMILES string of the molecule is CCOP(=O)(OCC)OC1=Cn2c(=O)n(-c3ccccc3)c(=O)n2C2CCC=C12. The summed E-state index contributed by atoms with van der Waals surface area (Å²) in [5.74, 6) is 0.213. The van der Waals surface area contributed by atoms with Gasteiger partial charge >= 0.3 is 19.2 Å². The molecule has 0 radical (unpaired) electrons. The Balaban J connectivity index is 1.85. The lowest BCUT2D eigenvalue weighted by molar-refractivity contribution is 0.145. The van der Waals surface area contributed by atoms with Gasteiger partial charge in [0.2, 0.25) is 0 Å². The van der Waals surface area contributed by atoms with E-state index in [-0.39, 0.29) is 19.0 Å². The Kier molecular flexibility index (Phi) is 5.21. The van der Waals surface area contributed by atoms with E-state index in [9.17, 15) is 14.2 Å². The van der Waals surface area contributed by atoms with Crippen LogP contribution in [0.25, 0.3) is 11.9 Å². The lowest BCUT2D eigenvalue weighted by Gasteiger charge is -2.26. The molecule has 0 fully saturated rings. The van der Waals surface area contributed by atoms with Crippen LogP contribution < -0.4 is 11.4 Å². The van der Waals surface area contributed by atoms with Gasteiger partial charge in [-0.15, -0.1) is 0 Å². The van der Waals surface area contributed by atoms with E-state index in [0.717, 1.165) is 4.57 Å². The number of allylic oxidation sites excluding steroid dienone is 2. The molecule has 154 valence electrons. The van der Waals surface area contributed by atoms with E-state index in [0.29, 0.717) is 24.1 Å². The fraction of sp³-hybridized carbons (Fsp3) is 0.368. The van der Waals surface area contributed by atoms with Crippen molar-refractivity contribution < 1.29 is 18.1 Å². The van der Waals surface area contributed by atoms with Crippen LogP contribution in [0, 0.1) is 0 Å². The molecular weight excluding hydrogens is 397 g/mol. The van der Waals surface area contributed by atoms with Crippen molar-refractivity contribution in [3.63, 3.8) is 0 Å². The van der Waals surface area contributed by atoms with Crippen LogP contribution in [0.5, 0.6) is 0 Å². The Labute approximate surface area is 167 Å². The van der Waals surface area contributed by atoms with E-state index in [4.69, 9.17) is 13.6 Å². The number of hydrogen-bond donors (Lipinski definition) is 0. The van der Waals surface area contributed by atoms with E-state index in [1.54, 1.807) is 38.1 Å². The summed E-state index contributed by atoms with van der Waals surface area (Å²) >= 11 is 0. The van der Waals surface area contributed by atoms with E-state index in [1.807, 2.05) is 12.1 Å². The number of nitrogens with zero attached hydrogens (tertiary/aromatic N) is 3. The van der Waals surface area contributed by atoms with Crippen molar-refractivity contribution in [2.45, 2.75) is 32.7 Å². The molecule has 2 heterocycles. The van der Waals surface area contributed by atoms with Crippen LogP contribution in [-0.2, 0) is 18.1 Å².